The molecule has 0 bridgehead atoms. The van der Waals surface area contributed by atoms with E-state index in [1.54, 1.807) is 0 Å². The van der Waals surface area contributed by atoms with Crippen LogP contribution < -0.4 is 10.6 Å². The molecule has 100 valence electrons. The molecule has 1 fully saturated rings. The van der Waals surface area contributed by atoms with Crippen molar-refractivity contribution in [1.82, 2.24) is 15.6 Å². The molecule has 0 amide bonds. The monoisotopic (exact) mass is 275 g/mol. The van der Waals surface area contributed by atoms with Gasteiger partial charge in [-0.1, -0.05) is 11.6 Å². The van der Waals surface area contributed by atoms with E-state index in [0.717, 1.165) is 24.5 Å². The fourth-order valence-corrected chi connectivity index (χ4v) is 3.74. The summed E-state index contributed by atoms with van der Waals surface area (Å²) in [5.41, 5.74) is 4.03. The van der Waals surface area contributed by atoms with Gasteiger partial charge in [-0.3, -0.25) is 0 Å². The standard InChI is InChI=1S/C15H18ClN3/c16-9-3-4-12-11(8-9)10-5-7-18-15(14(10)19-12)13-2-1-6-17-13/h3-4,8,13,15,17-19H,1-2,5-7H2. The third-order valence-electron chi connectivity index (χ3n) is 4.45. The first-order valence-corrected chi connectivity index (χ1v) is 7.47. The van der Waals surface area contributed by atoms with Crippen molar-refractivity contribution in [2.75, 3.05) is 13.1 Å². The molecule has 3 N–H and O–H groups in total. The number of benzene rings is 1. The van der Waals surface area contributed by atoms with Crippen LogP contribution in [0.2, 0.25) is 5.02 Å². The van der Waals surface area contributed by atoms with Crippen molar-refractivity contribution in [3.8, 4) is 0 Å². The van der Waals surface area contributed by atoms with Gasteiger partial charge in [0.05, 0.1) is 6.04 Å². The molecule has 0 spiro atoms. The molecule has 3 heterocycles. The van der Waals surface area contributed by atoms with Gasteiger partial charge in [-0.05, 0) is 56.1 Å². The largest absolute Gasteiger partial charge is 0.357 e. The molecular formula is C15H18ClN3. The Balaban J connectivity index is 1.83. The summed E-state index contributed by atoms with van der Waals surface area (Å²) in [7, 11) is 0. The van der Waals surface area contributed by atoms with Crippen molar-refractivity contribution < 1.29 is 0 Å². The summed E-state index contributed by atoms with van der Waals surface area (Å²) in [6.07, 6.45) is 3.62. The Kier molecular flexibility index (Phi) is 2.79. The average Bonchev–Trinajstić information content (AvgIpc) is 3.05. The van der Waals surface area contributed by atoms with Gasteiger partial charge < -0.3 is 15.6 Å². The minimum atomic E-state index is 0.414. The predicted octanol–water partition coefficient (Wildman–Crippen LogP) is 2.76. The van der Waals surface area contributed by atoms with Crippen molar-refractivity contribution in [3.63, 3.8) is 0 Å². The highest BCUT2D eigenvalue weighted by Crippen LogP contribution is 2.34. The molecule has 2 aliphatic rings. The quantitative estimate of drug-likeness (QED) is 0.749. The molecule has 4 rings (SSSR count). The van der Waals surface area contributed by atoms with E-state index in [2.05, 4.69) is 27.8 Å². The number of H-pyrrole nitrogens is 1. The molecule has 19 heavy (non-hydrogen) atoms. The van der Waals surface area contributed by atoms with Crippen LogP contribution >= 0.6 is 11.6 Å². The number of rotatable bonds is 1. The minimum absolute atomic E-state index is 0.414. The molecule has 0 aliphatic carbocycles. The van der Waals surface area contributed by atoms with Crippen LogP contribution in [0.5, 0.6) is 0 Å². The van der Waals surface area contributed by atoms with Gasteiger partial charge >= 0.3 is 0 Å². The van der Waals surface area contributed by atoms with E-state index in [4.69, 9.17) is 11.6 Å². The zero-order chi connectivity index (χ0) is 12.8. The molecule has 0 saturated carbocycles. The third-order valence-corrected chi connectivity index (χ3v) is 4.69. The van der Waals surface area contributed by atoms with Crippen molar-refractivity contribution in [1.29, 1.82) is 0 Å². The zero-order valence-electron chi connectivity index (χ0n) is 10.8. The SMILES string of the molecule is Clc1ccc2[nH]c3c(c2c1)CCNC3C1CCCN1. The number of hydrogen-bond donors (Lipinski definition) is 3. The molecular weight excluding hydrogens is 258 g/mol. The fraction of sp³-hybridized carbons (Fsp3) is 0.467. The number of nitrogens with one attached hydrogen (secondary N) is 3. The fourth-order valence-electron chi connectivity index (χ4n) is 3.57. The zero-order valence-corrected chi connectivity index (χ0v) is 11.6. The number of halogens is 1. The first-order chi connectivity index (χ1) is 9.33. The van der Waals surface area contributed by atoms with Crippen LogP contribution in [0.25, 0.3) is 10.9 Å². The molecule has 1 saturated heterocycles. The van der Waals surface area contributed by atoms with Crippen LogP contribution in [-0.2, 0) is 6.42 Å². The highest BCUT2D eigenvalue weighted by molar-refractivity contribution is 6.31. The number of hydrogen-bond acceptors (Lipinski definition) is 2. The Morgan fingerprint density at radius 2 is 2.11 bits per heavy atom. The summed E-state index contributed by atoms with van der Waals surface area (Å²) in [6.45, 7) is 2.19. The first kappa shape index (κ1) is 11.8. The van der Waals surface area contributed by atoms with E-state index < -0.39 is 0 Å². The second-order valence-corrected chi connectivity index (χ2v) is 6.03. The molecule has 1 aromatic heterocycles. The number of aromatic amines is 1. The Hall–Kier alpha value is -1.03. The average molecular weight is 276 g/mol. The maximum atomic E-state index is 6.14. The van der Waals surface area contributed by atoms with Gasteiger partial charge in [-0.2, -0.15) is 0 Å². The highest BCUT2D eigenvalue weighted by atomic mass is 35.5. The number of fused-ring (bicyclic) bond motifs is 3. The second kappa shape index (κ2) is 4.51. The van der Waals surface area contributed by atoms with Gasteiger partial charge in [0.1, 0.15) is 0 Å². The first-order valence-electron chi connectivity index (χ1n) is 7.10. The van der Waals surface area contributed by atoms with Gasteiger partial charge in [0, 0.05) is 27.7 Å². The Morgan fingerprint density at radius 1 is 1.16 bits per heavy atom. The van der Waals surface area contributed by atoms with Crippen molar-refractivity contribution in [2.24, 2.45) is 0 Å². The molecule has 0 radical (unpaired) electrons. The minimum Gasteiger partial charge on any atom is -0.357 e. The van der Waals surface area contributed by atoms with Crippen molar-refractivity contribution >= 4 is 22.5 Å². The Bertz CT molecular complexity index is 613. The van der Waals surface area contributed by atoms with E-state index in [1.165, 1.54) is 35.0 Å². The maximum absolute atomic E-state index is 6.14. The summed E-state index contributed by atoms with van der Waals surface area (Å²) in [6, 6.07) is 7.12. The third kappa shape index (κ3) is 1.88. The van der Waals surface area contributed by atoms with E-state index in [9.17, 15) is 0 Å². The number of aromatic nitrogens is 1. The Morgan fingerprint density at radius 3 is 2.95 bits per heavy atom. The lowest BCUT2D eigenvalue weighted by molar-refractivity contribution is 0.392. The van der Waals surface area contributed by atoms with Gasteiger partial charge in [0.25, 0.3) is 0 Å². The van der Waals surface area contributed by atoms with Crippen LogP contribution in [0.15, 0.2) is 18.2 Å². The second-order valence-electron chi connectivity index (χ2n) is 5.59. The van der Waals surface area contributed by atoms with E-state index in [0.29, 0.717) is 12.1 Å². The topological polar surface area (TPSA) is 39.9 Å². The van der Waals surface area contributed by atoms with E-state index in [-0.39, 0.29) is 0 Å². The van der Waals surface area contributed by atoms with Gasteiger partial charge in [-0.25, -0.2) is 0 Å². The lowest BCUT2D eigenvalue weighted by atomic mass is 9.94. The predicted molar refractivity (Wildman–Crippen MR) is 78.8 cm³/mol. The van der Waals surface area contributed by atoms with Gasteiger partial charge in [-0.15, -0.1) is 0 Å². The van der Waals surface area contributed by atoms with Crippen molar-refractivity contribution in [3.05, 3.63) is 34.5 Å². The molecule has 4 heteroatoms. The summed E-state index contributed by atoms with van der Waals surface area (Å²) in [5.74, 6) is 0. The molecule has 2 unspecified atom stereocenters. The molecule has 2 aliphatic heterocycles. The molecule has 1 aromatic carbocycles. The lowest BCUT2D eigenvalue weighted by Gasteiger charge is -2.29. The molecule has 2 aromatic rings. The van der Waals surface area contributed by atoms with Gasteiger partial charge in [0.2, 0.25) is 0 Å². The Labute approximate surface area is 117 Å². The van der Waals surface area contributed by atoms with Crippen LogP contribution in [-0.4, -0.2) is 24.1 Å². The van der Waals surface area contributed by atoms with Crippen LogP contribution in [0, 0.1) is 0 Å². The summed E-state index contributed by atoms with van der Waals surface area (Å²) >= 11 is 6.14. The van der Waals surface area contributed by atoms with Crippen LogP contribution in [0.4, 0.5) is 0 Å². The van der Waals surface area contributed by atoms with Crippen LogP contribution in [0.3, 0.4) is 0 Å². The summed E-state index contributed by atoms with van der Waals surface area (Å²) < 4.78 is 0. The maximum Gasteiger partial charge on any atom is 0.0631 e. The summed E-state index contributed by atoms with van der Waals surface area (Å²) in [5, 5.41) is 9.40. The van der Waals surface area contributed by atoms with Crippen molar-refractivity contribution in [2.45, 2.75) is 31.3 Å². The lowest BCUT2D eigenvalue weighted by Crippen LogP contribution is -2.41. The summed E-state index contributed by atoms with van der Waals surface area (Å²) in [4.78, 5) is 3.61. The van der Waals surface area contributed by atoms with Gasteiger partial charge in [0.15, 0.2) is 0 Å². The molecule has 3 nitrogen and oxygen atoms in total. The molecule has 2 atom stereocenters. The van der Waals surface area contributed by atoms with E-state index in [1.807, 2.05) is 6.07 Å². The highest BCUT2D eigenvalue weighted by Gasteiger charge is 2.31. The van der Waals surface area contributed by atoms with E-state index >= 15 is 0 Å². The smallest absolute Gasteiger partial charge is 0.0631 e. The van der Waals surface area contributed by atoms with Crippen LogP contribution in [0.1, 0.15) is 30.1 Å². The normalized spacial score (nSPS) is 26.8.